The van der Waals surface area contributed by atoms with Crippen LogP contribution in [0.5, 0.6) is 0 Å². The van der Waals surface area contributed by atoms with Gasteiger partial charge in [0.2, 0.25) is 0 Å². The molecule has 272 valence electrons. The molecule has 5 heteroatoms. The Hall–Kier alpha value is -7.63. The van der Waals surface area contributed by atoms with Gasteiger partial charge in [0.05, 0.1) is 28.1 Å². The van der Waals surface area contributed by atoms with Crippen LogP contribution in [0.15, 0.2) is 200 Å². The Morgan fingerprint density at radius 3 is 1.95 bits per heavy atom. The number of nitrogens with two attached hydrogens (primary N) is 1. The number of hydrogen-bond acceptors (Lipinski definition) is 4. The molecule has 0 amide bonds. The van der Waals surface area contributed by atoms with Crippen LogP contribution < -0.4 is 5.73 Å². The summed E-state index contributed by atoms with van der Waals surface area (Å²) in [7, 11) is 0. The molecule has 0 saturated carbocycles. The lowest BCUT2D eigenvalue weighted by molar-refractivity contribution is 1.06. The van der Waals surface area contributed by atoms with Crippen molar-refractivity contribution in [1.29, 1.82) is 5.41 Å². The Bertz CT molecular complexity index is 3030. The third-order valence-electron chi connectivity index (χ3n) is 10.4. The maximum absolute atomic E-state index is 8.92. The SMILES string of the molecule is C/C=C\C=C(/N)C(=N)/C=C(\C=C\c1ccccn1)c1nc2ccccc2n1-c1ccc(-c2c3ccccc3c(-c3ccc4ccccc4c3)c3ccccc23)cc1. The molecule has 0 bridgehead atoms. The number of nitrogens with one attached hydrogen (secondary N) is 1. The number of nitrogens with zero attached hydrogens (tertiary/aromatic N) is 3. The number of para-hydroxylation sites is 2. The van der Waals surface area contributed by atoms with Gasteiger partial charge < -0.3 is 5.73 Å². The zero-order chi connectivity index (χ0) is 38.7. The molecule has 0 unspecified atom stereocenters. The summed E-state index contributed by atoms with van der Waals surface area (Å²) in [5, 5.41) is 16.2. The second-order valence-corrected chi connectivity index (χ2v) is 14.0. The van der Waals surface area contributed by atoms with Crippen molar-refractivity contribution in [3.8, 4) is 27.9 Å². The standard InChI is InChI=1S/C52H39N5/c1-2-3-21-46(53)47(54)34-39(26-29-40-16-12-13-32-55-40)52-56-48-22-10-11-23-49(48)57(52)41-30-27-36(28-31-41)50-42-17-6-8-19-44(42)51(45-20-9-7-18-43(45)50)38-25-24-35-14-4-5-15-37(35)33-38/h2-34,54H,53H2,1H3/b3-2-,29-26+,39-34+,46-21-,54-47?. The van der Waals surface area contributed by atoms with Crippen molar-refractivity contribution in [3.63, 3.8) is 0 Å². The van der Waals surface area contributed by atoms with Gasteiger partial charge in [-0.2, -0.15) is 0 Å². The van der Waals surface area contributed by atoms with Crippen molar-refractivity contribution < 1.29 is 0 Å². The fraction of sp³-hybridized carbons (Fsp3) is 0.0192. The van der Waals surface area contributed by atoms with Crippen LogP contribution in [0.2, 0.25) is 0 Å². The van der Waals surface area contributed by atoms with Crippen molar-refractivity contribution in [2.45, 2.75) is 6.92 Å². The Labute approximate surface area is 331 Å². The van der Waals surface area contributed by atoms with Gasteiger partial charge in [0.25, 0.3) is 0 Å². The summed E-state index contributed by atoms with van der Waals surface area (Å²) in [5.74, 6) is 0.690. The van der Waals surface area contributed by atoms with E-state index in [0.717, 1.165) is 33.6 Å². The smallest absolute Gasteiger partial charge is 0.145 e. The van der Waals surface area contributed by atoms with Gasteiger partial charge in [0, 0.05) is 17.5 Å². The Kier molecular flexibility index (Phi) is 9.39. The van der Waals surface area contributed by atoms with Gasteiger partial charge in [-0.05, 0) is 128 Å². The topological polar surface area (TPSA) is 80.6 Å². The third kappa shape index (κ3) is 6.72. The molecule has 0 fully saturated rings. The summed E-state index contributed by atoms with van der Waals surface area (Å²) in [6.45, 7) is 1.92. The van der Waals surface area contributed by atoms with E-state index >= 15 is 0 Å². The molecule has 57 heavy (non-hydrogen) atoms. The minimum atomic E-state index is 0.189. The lowest BCUT2D eigenvalue weighted by atomic mass is 9.85. The summed E-state index contributed by atoms with van der Waals surface area (Å²) in [6, 6.07) is 55.5. The molecule has 7 aromatic carbocycles. The summed E-state index contributed by atoms with van der Waals surface area (Å²) in [5.41, 5.74) is 15.9. The number of imidazole rings is 1. The Morgan fingerprint density at radius 2 is 1.26 bits per heavy atom. The average molecular weight is 734 g/mol. The molecule has 3 N–H and O–H groups in total. The maximum Gasteiger partial charge on any atom is 0.145 e. The molecule has 5 nitrogen and oxygen atoms in total. The summed E-state index contributed by atoms with van der Waals surface area (Å²) < 4.78 is 2.16. The molecule has 0 aliphatic rings. The van der Waals surface area contributed by atoms with Crippen molar-refractivity contribution in [2.75, 3.05) is 0 Å². The molecule has 0 radical (unpaired) electrons. The number of rotatable bonds is 9. The van der Waals surface area contributed by atoms with Crippen LogP contribution in [0.3, 0.4) is 0 Å². The number of benzene rings is 7. The Morgan fingerprint density at radius 1 is 0.649 bits per heavy atom. The van der Waals surface area contributed by atoms with Crippen LogP contribution in [0.1, 0.15) is 18.4 Å². The van der Waals surface area contributed by atoms with Crippen LogP contribution in [-0.2, 0) is 0 Å². The number of pyridine rings is 1. The number of allylic oxidation sites excluding steroid dienone is 6. The van der Waals surface area contributed by atoms with Crippen molar-refractivity contribution >= 4 is 60.7 Å². The molecular weight excluding hydrogens is 695 g/mol. The molecule has 0 saturated heterocycles. The fourth-order valence-electron chi connectivity index (χ4n) is 7.72. The minimum absolute atomic E-state index is 0.189. The first-order valence-corrected chi connectivity index (χ1v) is 19.1. The molecular formula is C52H39N5. The van der Waals surface area contributed by atoms with E-state index in [1.807, 2.05) is 67.6 Å². The number of fused-ring (bicyclic) bond motifs is 4. The second kappa shape index (κ2) is 15.2. The monoisotopic (exact) mass is 733 g/mol. The van der Waals surface area contributed by atoms with Gasteiger partial charge in [0.1, 0.15) is 5.82 Å². The predicted octanol–water partition coefficient (Wildman–Crippen LogP) is 12.7. The highest BCUT2D eigenvalue weighted by Gasteiger charge is 2.19. The van der Waals surface area contributed by atoms with Gasteiger partial charge in [0.15, 0.2) is 0 Å². The van der Waals surface area contributed by atoms with Gasteiger partial charge in [-0.3, -0.25) is 15.0 Å². The first kappa shape index (κ1) is 35.1. The van der Waals surface area contributed by atoms with Gasteiger partial charge >= 0.3 is 0 Å². The van der Waals surface area contributed by atoms with E-state index in [9.17, 15) is 0 Å². The van der Waals surface area contributed by atoms with Crippen LogP contribution in [0, 0.1) is 5.41 Å². The highest BCUT2D eigenvalue weighted by molar-refractivity contribution is 6.21. The molecule has 9 rings (SSSR count). The first-order valence-electron chi connectivity index (χ1n) is 19.1. The number of hydrogen-bond donors (Lipinski definition) is 2. The predicted molar refractivity (Wildman–Crippen MR) is 241 cm³/mol. The third-order valence-corrected chi connectivity index (χ3v) is 10.4. The molecule has 0 aliphatic carbocycles. The van der Waals surface area contributed by atoms with E-state index in [4.69, 9.17) is 16.1 Å². The number of aromatic nitrogens is 3. The molecule has 0 atom stereocenters. The lowest BCUT2D eigenvalue weighted by Gasteiger charge is -2.18. The Balaban J connectivity index is 1.21. The van der Waals surface area contributed by atoms with Gasteiger partial charge in [-0.1, -0.05) is 127 Å². The van der Waals surface area contributed by atoms with E-state index in [0.29, 0.717) is 11.5 Å². The van der Waals surface area contributed by atoms with Crippen LogP contribution in [0.4, 0.5) is 0 Å². The quantitative estimate of drug-likeness (QED) is 0.0880. The average Bonchev–Trinajstić information content (AvgIpc) is 3.66. The molecule has 0 aliphatic heterocycles. The van der Waals surface area contributed by atoms with Crippen molar-refractivity contribution in [3.05, 3.63) is 212 Å². The molecule has 9 aromatic rings. The van der Waals surface area contributed by atoms with E-state index < -0.39 is 0 Å². The zero-order valence-corrected chi connectivity index (χ0v) is 31.5. The second-order valence-electron chi connectivity index (χ2n) is 14.0. The molecule has 2 aromatic heterocycles. The molecule has 2 heterocycles. The minimum Gasteiger partial charge on any atom is -0.397 e. The highest BCUT2D eigenvalue weighted by Crippen LogP contribution is 2.44. The zero-order valence-electron chi connectivity index (χ0n) is 31.5. The van der Waals surface area contributed by atoms with Crippen molar-refractivity contribution in [2.24, 2.45) is 5.73 Å². The maximum atomic E-state index is 8.92. The summed E-state index contributed by atoms with van der Waals surface area (Å²) in [4.78, 5) is 9.65. The fourth-order valence-corrected chi connectivity index (χ4v) is 7.72. The lowest BCUT2D eigenvalue weighted by Crippen LogP contribution is -2.09. The van der Waals surface area contributed by atoms with E-state index in [1.165, 1.54) is 49.0 Å². The highest BCUT2D eigenvalue weighted by atomic mass is 15.1. The summed E-state index contributed by atoms with van der Waals surface area (Å²) in [6.07, 6.45) is 12.9. The first-order chi connectivity index (χ1) is 28.1. The van der Waals surface area contributed by atoms with Crippen LogP contribution in [0.25, 0.3) is 82.9 Å². The van der Waals surface area contributed by atoms with E-state index in [1.54, 1.807) is 18.3 Å². The van der Waals surface area contributed by atoms with E-state index in [2.05, 4.69) is 131 Å². The molecule has 0 spiro atoms. The van der Waals surface area contributed by atoms with Gasteiger partial charge in [-0.25, -0.2) is 4.98 Å². The largest absolute Gasteiger partial charge is 0.397 e. The van der Waals surface area contributed by atoms with Crippen LogP contribution >= 0.6 is 0 Å². The van der Waals surface area contributed by atoms with Gasteiger partial charge in [-0.15, -0.1) is 0 Å². The van der Waals surface area contributed by atoms with Crippen LogP contribution in [-0.4, -0.2) is 20.2 Å². The normalized spacial score (nSPS) is 12.5. The van der Waals surface area contributed by atoms with E-state index in [-0.39, 0.29) is 5.71 Å². The summed E-state index contributed by atoms with van der Waals surface area (Å²) >= 11 is 0. The van der Waals surface area contributed by atoms with Crippen molar-refractivity contribution in [1.82, 2.24) is 14.5 Å².